The third-order valence-corrected chi connectivity index (χ3v) is 22.7. The molecule has 15 nitrogen and oxygen atoms in total. The van der Waals surface area contributed by atoms with Gasteiger partial charge in [0.2, 0.25) is 6.10 Å². The van der Waals surface area contributed by atoms with Crippen LogP contribution in [0.4, 0.5) is 5.13 Å². The Hall–Kier alpha value is -11.1. The number of carbonyl (C=O) groups is 4. The van der Waals surface area contributed by atoms with E-state index in [1.165, 1.54) is 58.4 Å². The first-order valence-corrected chi connectivity index (χ1v) is 36.5. The number of β-lactam (4-membered cyclic amide) rings is 1. The number of amides is 2. The molecule has 0 saturated carbocycles. The summed E-state index contributed by atoms with van der Waals surface area (Å²) in [6, 6.07) is 97.3. The second kappa shape index (κ2) is 31.0. The lowest BCUT2D eigenvalue weighted by Gasteiger charge is -2.50. The molecule has 2 amide bonds. The number of nitrogens with zero attached hydrogens (tertiary/aromatic N) is 5. The van der Waals surface area contributed by atoms with Crippen LogP contribution < -0.4 is 10.6 Å². The topological polar surface area (TPSA) is 190 Å². The van der Waals surface area contributed by atoms with Gasteiger partial charge >= 0.3 is 11.9 Å². The minimum absolute atomic E-state index is 0.0303. The van der Waals surface area contributed by atoms with Gasteiger partial charge in [-0.2, -0.15) is 0 Å². The van der Waals surface area contributed by atoms with Crippen molar-refractivity contribution in [3.8, 4) is 0 Å². The number of aromatic nitrogens is 4. The van der Waals surface area contributed by atoms with Crippen LogP contribution in [0.25, 0.3) is 0 Å². The number of hydrogen-bond donors (Lipinski definition) is 3. The normalized spacial score (nSPS) is 15.2. The molecule has 0 spiro atoms. The summed E-state index contributed by atoms with van der Waals surface area (Å²) in [4.78, 5) is 74.8. The number of H-pyrrole nitrogens is 1. The van der Waals surface area contributed by atoms with Crippen molar-refractivity contribution >= 4 is 81.2 Å². The molecule has 1 fully saturated rings. The van der Waals surface area contributed by atoms with Crippen molar-refractivity contribution in [1.82, 2.24) is 30.6 Å². The molecule has 0 bridgehead atoms. The van der Waals surface area contributed by atoms with Gasteiger partial charge in [0.15, 0.2) is 23.1 Å². The predicted octanol–water partition coefficient (Wildman–Crippen LogP) is 15.9. The number of esters is 2. The Morgan fingerprint density at radius 1 is 0.564 bits per heavy atom. The first-order chi connectivity index (χ1) is 49.7. The van der Waals surface area contributed by atoms with Crippen LogP contribution in [0.15, 0.2) is 336 Å². The summed E-state index contributed by atoms with van der Waals surface area (Å²) in [5.41, 5.74) is 6.37. The maximum atomic E-state index is 16.0. The van der Waals surface area contributed by atoms with Gasteiger partial charge in [-0.1, -0.05) is 325 Å². The summed E-state index contributed by atoms with van der Waals surface area (Å²) in [6.45, 7) is 1.49. The molecule has 2 aromatic heterocycles. The third-order valence-electron chi connectivity index (χ3n) is 17.7. The van der Waals surface area contributed by atoms with E-state index in [0.717, 1.165) is 55.6 Å². The largest absolute Gasteiger partial charge is 0.450 e. The predicted molar refractivity (Wildman–Crippen MR) is 399 cm³/mol. The maximum absolute atomic E-state index is 16.0. The Balaban J connectivity index is 0.847. The fourth-order valence-corrected chi connectivity index (χ4v) is 18.3. The zero-order valence-corrected chi connectivity index (χ0v) is 57.7. The SMILES string of the molecule is C[C@H](O/N=C(\C(=O)N[C@@H]1C(=O)N2C(C(=O)OC(c3ccccc3)c3ccccc3)=C(SC(Sc3c[nH]nn3)C(c3ccccc3)(c3ccccc3)c3ccccc3)CS[C@@H]12)c1csc(NC(c2ccccc2)(c2ccccc2)c2ccccc2)n1)C(=O)OC(c1ccccc1)c1ccccc1. The van der Waals surface area contributed by atoms with E-state index >= 15 is 14.4 Å². The molecule has 12 aromatic rings. The number of benzene rings is 10. The minimum atomic E-state index is -1.36. The molecule has 4 atom stereocenters. The molecule has 1 saturated heterocycles. The lowest BCUT2D eigenvalue weighted by molar-refractivity contribution is -0.160. The van der Waals surface area contributed by atoms with E-state index in [4.69, 9.17) is 19.3 Å². The van der Waals surface area contributed by atoms with Gasteiger partial charge in [0, 0.05) is 16.0 Å². The number of fused-ring (bicyclic) bond motifs is 1. The lowest BCUT2D eigenvalue weighted by atomic mass is 9.70. The van der Waals surface area contributed by atoms with Gasteiger partial charge in [-0.15, -0.1) is 40.0 Å². The molecule has 14 rings (SSSR count). The maximum Gasteiger partial charge on any atom is 0.356 e. The number of carbonyl (C=O) groups excluding carboxylic acids is 4. The lowest BCUT2D eigenvalue weighted by Crippen LogP contribution is -2.71. The van der Waals surface area contributed by atoms with Gasteiger partial charge in [0.1, 0.15) is 33.4 Å². The Bertz CT molecular complexity index is 4550. The molecule has 19 heteroatoms. The molecule has 2 aliphatic rings. The first kappa shape index (κ1) is 67.1. The highest BCUT2D eigenvalue weighted by Gasteiger charge is 2.56. The van der Waals surface area contributed by atoms with Crippen LogP contribution in [-0.2, 0) is 44.4 Å². The van der Waals surface area contributed by atoms with Crippen LogP contribution in [0.5, 0.6) is 0 Å². The second-order valence-corrected chi connectivity index (χ2v) is 28.4. The van der Waals surface area contributed by atoms with Crippen molar-refractivity contribution in [1.29, 1.82) is 0 Å². The summed E-state index contributed by atoms with van der Waals surface area (Å²) in [5, 5.41) is 24.7. The smallest absolute Gasteiger partial charge is 0.356 e. The van der Waals surface area contributed by atoms with Crippen LogP contribution in [-0.4, -0.2) is 82.6 Å². The highest BCUT2D eigenvalue weighted by Crippen LogP contribution is 2.57. The monoisotopic (exact) mass is 1400 g/mol. The quantitative estimate of drug-likeness (QED) is 0.00883. The van der Waals surface area contributed by atoms with Crippen molar-refractivity contribution in [3.05, 3.63) is 387 Å². The number of anilines is 1. The van der Waals surface area contributed by atoms with Crippen LogP contribution in [0.3, 0.4) is 0 Å². The molecule has 4 heterocycles. The number of thioether (sulfide) groups is 3. The van der Waals surface area contributed by atoms with E-state index in [1.54, 1.807) is 11.6 Å². The molecular weight excluding hydrogens is 1340 g/mol. The van der Waals surface area contributed by atoms with Gasteiger partial charge in [-0.3, -0.25) is 19.6 Å². The molecule has 2 aliphatic heterocycles. The molecule has 10 aromatic carbocycles. The standard InChI is InChI=1S/C82H66N8O7S4/c1-55(77(93)95-72(56-32-12-2-13-33-56)57-34-14-3-15-35-57)97-88-69(66-53-99-80(84-66)86-82(63-46-26-9-27-47-63,64-48-28-10-29-49-64)65-50-30-11-31-51-65)74(91)85-70-75(92)90-71(78(94)96-73(58-36-16-4-17-37-58)59-38-18-5-19-39-59)67(54-98-76(70)90)100-79(101-68-52-83-89-87-68)81(60-40-20-6-21-41-60,61-42-22-7-23-43-61)62-44-24-8-25-45-62/h2-53,55,70,72-73,76,79H,54H2,1H3,(H,84,86)(H,85,91)(H,83,87,89)/b88-69-/t55-,70+,76-,79?/m0/s1. The van der Waals surface area contributed by atoms with Gasteiger partial charge in [0.25, 0.3) is 11.8 Å². The summed E-state index contributed by atoms with van der Waals surface area (Å²) < 4.78 is 12.4. The van der Waals surface area contributed by atoms with Crippen molar-refractivity contribution in [3.63, 3.8) is 0 Å². The number of thiazole rings is 1. The van der Waals surface area contributed by atoms with Crippen molar-refractivity contribution in [2.45, 2.75) is 57.2 Å². The van der Waals surface area contributed by atoms with Crippen LogP contribution in [0.2, 0.25) is 0 Å². The Labute approximate surface area is 601 Å². The first-order valence-electron chi connectivity index (χ1n) is 32.8. The van der Waals surface area contributed by atoms with E-state index in [1.807, 2.05) is 231 Å². The van der Waals surface area contributed by atoms with Crippen LogP contribution >= 0.6 is 46.6 Å². The highest BCUT2D eigenvalue weighted by atomic mass is 32.2. The number of oxime groups is 1. The van der Waals surface area contributed by atoms with E-state index in [2.05, 4.69) is 104 Å². The van der Waals surface area contributed by atoms with Gasteiger partial charge < -0.3 is 24.9 Å². The third kappa shape index (κ3) is 14.1. The highest BCUT2D eigenvalue weighted by molar-refractivity contribution is 8.19. The van der Waals surface area contributed by atoms with Gasteiger partial charge in [-0.05, 0) is 62.6 Å². The fraction of sp³-hybridized carbons (Fsp3) is 0.122. The number of rotatable bonds is 26. The van der Waals surface area contributed by atoms with Crippen molar-refractivity contribution in [2.75, 3.05) is 11.1 Å². The van der Waals surface area contributed by atoms with E-state index in [0.29, 0.717) is 15.1 Å². The number of hydrogen-bond acceptors (Lipinski definition) is 16. The van der Waals surface area contributed by atoms with E-state index in [-0.39, 0.29) is 22.9 Å². The van der Waals surface area contributed by atoms with E-state index in [9.17, 15) is 4.79 Å². The average molecular weight is 1400 g/mol. The molecule has 0 radical (unpaired) electrons. The van der Waals surface area contributed by atoms with Crippen LogP contribution in [0.1, 0.15) is 80.5 Å². The van der Waals surface area contributed by atoms with E-state index < -0.39 is 69.0 Å². The fourth-order valence-electron chi connectivity index (χ4n) is 12.9. The summed E-state index contributed by atoms with van der Waals surface area (Å²) in [7, 11) is 0. The van der Waals surface area contributed by atoms with Crippen molar-refractivity contribution < 1.29 is 33.5 Å². The number of ether oxygens (including phenoxy) is 2. The van der Waals surface area contributed by atoms with Gasteiger partial charge in [0.05, 0.1) is 16.2 Å². The summed E-state index contributed by atoms with van der Waals surface area (Å²) in [6.07, 6.45) is -1.31. The summed E-state index contributed by atoms with van der Waals surface area (Å²) >= 11 is 5.57. The molecule has 500 valence electrons. The van der Waals surface area contributed by atoms with Crippen molar-refractivity contribution in [2.24, 2.45) is 5.16 Å². The Morgan fingerprint density at radius 2 is 0.980 bits per heavy atom. The number of nitrogens with one attached hydrogen (secondary N) is 3. The number of aromatic amines is 1. The minimum Gasteiger partial charge on any atom is -0.450 e. The molecule has 1 unspecified atom stereocenters. The summed E-state index contributed by atoms with van der Waals surface area (Å²) in [5.74, 6) is -2.73. The Morgan fingerprint density at radius 3 is 1.41 bits per heavy atom. The Kier molecular flexibility index (Phi) is 20.6. The molecule has 101 heavy (non-hydrogen) atoms. The zero-order valence-electron chi connectivity index (χ0n) is 54.4. The zero-order chi connectivity index (χ0) is 69.0. The molecule has 3 N–H and O–H groups in total. The van der Waals surface area contributed by atoms with Gasteiger partial charge in [-0.25, -0.2) is 14.6 Å². The average Bonchev–Trinajstić information content (AvgIpc) is 1.04. The second-order valence-electron chi connectivity index (χ2n) is 23.9. The molecule has 0 aliphatic carbocycles. The van der Waals surface area contributed by atoms with Crippen LogP contribution in [0, 0.1) is 0 Å². The molecular formula is C82H66N8O7S4.